The highest BCUT2D eigenvalue weighted by Gasteiger charge is 2.33. The van der Waals surface area contributed by atoms with Gasteiger partial charge in [0.05, 0.1) is 56.2 Å². The van der Waals surface area contributed by atoms with Gasteiger partial charge in [0.1, 0.15) is 0 Å². The van der Waals surface area contributed by atoms with Gasteiger partial charge in [0.25, 0.3) is 0 Å². The highest BCUT2D eigenvalue weighted by atomic mass is 19.4. The summed E-state index contributed by atoms with van der Waals surface area (Å²) in [7, 11) is 0. The first kappa shape index (κ1) is 40.2. The van der Waals surface area contributed by atoms with Crippen molar-refractivity contribution in [3.63, 3.8) is 0 Å². The number of aromatic nitrogens is 5. The molecule has 3 aromatic heterocycles. The number of halogens is 6. The van der Waals surface area contributed by atoms with Crippen molar-refractivity contribution >= 4 is 43.6 Å². The second kappa shape index (κ2) is 15.3. The Balaban J connectivity index is 1.24. The highest BCUT2D eigenvalue weighted by Crippen LogP contribution is 2.44. The van der Waals surface area contributed by atoms with Crippen LogP contribution in [0.25, 0.3) is 100 Å². The fourth-order valence-corrected chi connectivity index (χ4v) is 8.86. The van der Waals surface area contributed by atoms with Crippen molar-refractivity contribution in [1.29, 1.82) is 5.26 Å². The molecule has 0 aliphatic heterocycles. The summed E-state index contributed by atoms with van der Waals surface area (Å²) in [6, 6.07) is 53.6. The quantitative estimate of drug-likeness (QED) is 0.156. The number of nitriles is 1. The molecule has 3 heterocycles. The maximum absolute atomic E-state index is 14.3. The Morgan fingerprint density at radius 2 is 0.833 bits per heavy atom. The van der Waals surface area contributed by atoms with Gasteiger partial charge >= 0.3 is 12.4 Å². The molecule has 66 heavy (non-hydrogen) atoms. The first-order valence-electron chi connectivity index (χ1n) is 20.7. The lowest BCUT2D eigenvalue weighted by molar-refractivity contribution is -0.138. The van der Waals surface area contributed by atoms with Crippen molar-refractivity contribution < 1.29 is 26.3 Å². The molecular formula is C54H30F6N6. The van der Waals surface area contributed by atoms with Gasteiger partial charge in [-0.25, -0.2) is 15.0 Å². The van der Waals surface area contributed by atoms with Crippen LogP contribution in [0.4, 0.5) is 26.3 Å². The predicted molar refractivity (Wildman–Crippen MR) is 245 cm³/mol. The summed E-state index contributed by atoms with van der Waals surface area (Å²) in [4.78, 5) is 14.8. The summed E-state index contributed by atoms with van der Waals surface area (Å²) in [6.45, 7) is 0. The normalized spacial score (nSPS) is 12.1. The highest BCUT2D eigenvalue weighted by molar-refractivity contribution is 6.12. The second-order valence-electron chi connectivity index (χ2n) is 15.8. The zero-order valence-electron chi connectivity index (χ0n) is 34.3. The Hall–Kier alpha value is -8.56. The lowest BCUT2D eigenvalue weighted by atomic mass is 9.96. The average Bonchev–Trinajstić information content (AvgIpc) is 3.85. The molecule has 8 aromatic carbocycles. The van der Waals surface area contributed by atoms with Gasteiger partial charge in [-0.1, -0.05) is 109 Å². The fourth-order valence-electron chi connectivity index (χ4n) is 8.86. The van der Waals surface area contributed by atoms with E-state index in [0.717, 1.165) is 35.4 Å². The zero-order chi connectivity index (χ0) is 45.3. The van der Waals surface area contributed by atoms with Crippen molar-refractivity contribution in [2.24, 2.45) is 0 Å². The van der Waals surface area contributed by atoms with Crippen LogP contribution in [0.1, 0.15) is 16.7 Å². The zero-order valence-corrected chi connectivity index (χ0v) is 34.3. The van der Waals surface area contributed by atoms with Gasteiger partial charge in [-0.2, -0.15) is 31.6 Å². The van der Waals surface area contributed by atoms with Gasteiger partial charge in [0.15, 0.2) is 17.5 Å². The van der Waals surface area contributed by atoms with Crippen LogP contribution < -0.4 is 0 Å². The van der Waals surface area contributed by atoms with Crippen molar-refractivity contribution in [3.05, 3.63) is 199 Å². The molecule has 0 fully saturated rings. The van der Waals surface area contributed by atoms with Crippen LogP contribution in [0.3, 0.4) is 0 Å². The van der Waals surface area contributed by atoms with Gasteiger partial charge < -0.3 is 9.13 Å². The predicted octanol–water partition coefficient (Wildman–Crippen LogP) is 14.6. The Bertz CT molecular complexity index is 3690. The molecule has 6 nitrogen and oxygen atoms in total. The van der Waals surface area contributed by atoms with E-state index in [1.165, 1.54) is 12.1 Å². The van der Waals surface area contributed by atoms with E-state index in [2.05, 4.69) is 6.07 Å². The van der Waals surface area contributed by atoms with E-state index < -0.39 is 23.5 Å². The number of nitrogens with zero attached hydrogens (tertiary/aromatic N) is 6. The molecule has 0 spiro atoms. The summed E-state index contributed by atoms with van der Waals surface area (Å²) in [6.07, 6.45) is -9.19. The summed E-state index contributed by atoms with van der Waals surface area (Å²) in [5.41, 5.74) is 5.12. The standard InChI is InChI=1S/C54H30F6N6/c55-53(56,57)36-21-25-47-42(29-36)38-15-7-9-17-44(38)65(47)46-24-19-32(31-61)27-41(46)40-23-20-35(52-63-50(33-11-3-1-4-12-33)62-51(64-52)34-13-5-2-6-14-34)28-49(40)66-45-18-10-8-16-39(45)43-30-37(54(58,59)60)22-26-48(43)66/h1-30H. The maximum Gasteiger partial charge on any atom is 0.416 e. The third kappa shape index (κ3) is 6.80. The molecule has 11 aromatic rings. The van der Waals surface area contributed by atoms with Crippen molar-refractivity contribution in [2.75, 3.05) is 0 Å². The number of fused-ring (bicyclic) bond motifs is 6. The van der Waals surface area contributed by atoms with Crippen molar-refractivity contribution in [2.45, 2.75) is 12.4 Å². The van der Waals surface area contributed by atoms with Gasteiger partial charge in [-0.3, -0.25) is 0 Å². The minimum absolute atomic E-state index is 0.304. The number of rotatable bonds is 6. The monoisotopic (exact) mass is 876 g/mol. The molecule has 0 bridgehead atoms. The van der Waals surface area contributed by atoms with E-state index in [4.69, 9.17) is 15.0 Å². The van der Waals surface area contributed by atoms with E-state index in [9.17, 15) is 31.6 Å². The molecule has 0 N–H and O–H groups in total. The topological polar surface area (TPSA) is 72.3 Å². The van der Waals surface area contributed by atoms with Crippen LogP contribution in [0.5, 0.6) is 0 Å². The van der Waals surface area contributed by atoms with Gasteiger partial charge in [-0.05, 0) is 72.8 Å². The second-order valence-corrected chi connectivity index (χ2v) is 15.8. The molecule has 0 saturated carbocycles. The van der Waals surface area contributed by atoms with Crippen LogP contribution in [-0.2, 0) is 12.4 Å². The van der Waals surface area contributed by atoms with Gasteiger partial charge in [0.2, 0.25) is 0 Å². The Morgan fingerprint density at radius 3 is 1.33 bits per heavy atom. The molecule has 0 atom stereocenters. The number of hydrogen-bond donors (Lipinski definition) is 0. The van der Waals surface area contributed by atoms with E-state index in [-0.39, 0.29) is 0 Å². The third-order valence-electron chi connectivity index (χ3n) is 11.9. The number of benzene rings is 8. The Morgan fingerprint density at radius 1 is 0.379 bits per heavy atom. The lowest BCUT2D eigenvalue weighted by Crippen LogP contribution is -2.05. The summed E-state index contributed by atoms with van der Waals surface area (Å²) >= 11 is 0. The van der Waals surface area contributed by atoms with Crippen LogP contribution in [0, 0.1) is 11.3 Å². The maximum atomic E-state index is 14.3. The van der Waals surface area contributed by atoms with Gasteiger partial charge in [-0.15, -0.1) is 0 Å². The van der Waals surface area contributed by atoms with Crippen LogP contribution >= 0.6 is 0 Å². The number of alkyl halides is 6. The average molecular weight is 877 g/mol. The van der Waals surface area contributed by atoms with Crippen LogP contribution in [-0.4, -0.2) is 24.1 Å². The van der Waals surface area contributed by atoms with E-state index in [1.54, 1.807) is 48.5 Å². The molecule has 0 saturated heterocycles. The first-order chi connectivity index (χ1) is 31.9. The summed E-state index contributed by atoms with van der Waals surface area (Å²) in [5, 5.41) is 12.3. The SMILES string of the molecule is N#Cc1ccc(-n2c3ccccc3c3cc(C(F)(F)F)ccc32)c(-c2ccc(-c3nc(-c4ccccc4)nc(-c4ccccc4)n3)cc2-n2c3ccccc3c3cc(C(F)(F)F)ccc32)c1. The number of hydrogen-bond acceptors (Lipinski definition) is 4. The molecule has 0 unspecified atom stereocenters. The van der Waals surface area contributed by atoms with Crippen molar-refractivity contribution in [1.82, 2.24) is 24.1 Å². The van der Waals surface area contributed by atoms with E-state index >= 15 is 0 Å². The molecule has 0 amide bonds. The Labute approximate surface area is 371 Å². The smallest absolute Gasteiger partial charge is 0.309 e. The molecule has 0 aliphatic carbocycles. The lowest BCUT2D eigenvalue weighted by Gasteiger charge is -2.20. The third-order valence-corrected chi connectivity index (χ3v) is 11.9. The van der Waals surface area contributed by atoms with Crippen molar-refractivity contribution in [3.8, 4) is 62.7 Å². The minimum Gasteiger partial charge on any atom is -0.309 e. The largest absolute Gasteiger partial charge is 0.416 e. The summed E-state index contributed by atoms with van der Waals surface area (Å²) in [5.74, 6) is 1.17. The van der Waals surface area contributed by atoms with E-state index in [1.807, 2.05) is 106 Å². The molecule has 0 radical (unpaired) electrons. The first-order valence-corrected chi connectivity index (χ1v) is 20.7. The molecule has 318 valence electrons. The van der Waals surface area contributed by atoms with Crippen LogP contribution in [0.15, 0.2) is 182 Å². The number of para-hydroxylation sites is 2. The molecule has 12 heteroatoms. The van der Waals surface area contributed by atoms with Crippen LogP contribution in [0.2, 0.25) is 0 Å². The fraction of sp³-hybridized carbons (Fsp3) is 0.0370. The minimum atomic E-state index is -4.61. The Kier molecular flexibility index (Phi) is 9.33. The summed E-state index contributed by atoms with van der Waals surface area (Å²) < 4.78 is 89.2. The molecular weight excluding hydrogens is 847 g/mol. The van der Waals surface area contributed by atoms with Gasteiger partial charge in [0, 0.05) is 49.4 Å². The molecule has 11 rings (SSSR count). The molecule has 0 aliphatic rings. The van der Waals surface area contributed by atoms with E-state index in [0.29, 0.717) is 94.7 Å².